The molecule has 0 aromatic heterocycles. The van der Waals surface area contributed by atoms with E-state index in [4.69, 9.17) is 10.00 Å². The van der Waals surface area contributed by atoms with Gasteiger partial charge in [-0.3, -0.25) is 4.79 Å². The first-order chi connectivity index (χ1) is 9.15. The summed E-state index contributed by atoms with van der Waals surface area (Å²) in [5.74, 6) is 0.714. The van der Waals surface area contributed by atoms with Gasteiger partial charge in [-0.25, -0.2) is 0 Å². The van der Waals surface area contributed by atoms with Gasteiger partial charge >= 0.3 is 0 Å². The van der Waals surface area contributed by atoms with E-state index in [9.17, 15) is 4.79 Å². The molecule has 1 aliphatic rings. The first-order valence-electron chi connectivity index (χ1n) is 6.60. The van der Waals surface area contributed by atoms with Gasteiger partial charge in [-0.2, -0.15) is 5.26 Å². The lowest BCUT2D eigenvalue weighted by Gasteiger charge is -2.22. The molecule has 1 atom stereocenters. The van der Waals surface area contributed by atoms with Crippen LogP contribution in [0.2, 0.25) is 0 Å². The summed E-state index contributed by atoms with van der Waals surface area (Å²) >= 11 is 0. The van der Waals surface area contributed by atoms with Crippen molar-refractivity contribution in [2.24, 2.45) is 5.92 Å². The van der Waals surface area contributed by atoms with E-state index < -0.39 is 0 Å². The molecule has 100 valence electrons. The number of fused-ring (bicyclic) bond motifs is 1. The van der Waals surface area contributed by atoms with E-state index in [1.54, 1.807) is 11.0 Å². The standard InChI is InChI=1S/C15H18N2O2/c1-3-17(10-11(2)9-16)15(18)13-4-5-14-12(8-13)6-7-19-14/h4-5,8,11H,3,6-7,10H2,1-2H3. The van der Waals surface area contributed by atoms with E-state index in [0.717, 1.165) is 17.7 Å². The summed E-state index contributed by atoms with van der Waals surface area (Å²) in [5.41, 5.74) is 1.77. The van der Waals surface area contributed by atoms with Gasteiger partial charge in [0.25, 0.3) is 5.91 Å². The lowest BCUT2D eigenvalue weighted by atomic mass is 10.1. The number of carbonyl (C=O) groups is 1. The van der Waals surface area contributed by atoms with Gasteiger partial charge in [-0.15, -0.1) is 0 Å². The Balaban J connectivity index is 2.16. The molecule has 0 bridgehead atoms. The lowest BCUT2D eigenvalue weighted by Crippen LogP contribution is -2.34. The summed E-state index contributed by atoms with van der Waals surface area (Å²) in [4.78, 5) is 14.1. The smallest absolute Gasteiger partial charge is 0.253 e. The fourth-order valence-corrected chi connectivity index (χ4v) is 2.23. The summed E-state index contributed by atoms with van der Waals surface area (Å²) in [6.07, 6.45) is 0.858. The number of rotatable bonds is 4. The fraction of sp³-hybridized carbons (Fsp3) is 0.467. The topological polar surface area (TPSA) is 53.3 Å². The molecule has 1 unspecified atom stereocenters. The molecule has 2 rings (SSSR count). The second-order valence-corrected chi connectivity index (χ2v) is 4.79. The van der Waals surface area contributed by atoms with Crippen molar-refractivity contribution in [2.75, 3.05) is 19.7 Å². The van der Waals surface area contributed by atoms with Crippen LogP contribution in [0.3, 0.4) is 0 Å². The molecule has 1 aliphatic heterocycles. The van der Waals surface area contributed by atoms with Crippen LogP contribution in [0.4, 0.5) is 0 Å². The van der Waals surface area contributed by atoms with Gasteiger partial charge in [-0.1, -0.05) is 0 Å². The zero-order valence-corrected chi connectivity index (χ0v) is 11.3. The maximum Gasteiger partial charge on any atom is 0.253 e. The number of hydrogen-bond donors (Lipinski definition) is 0. The van der Waals surface area contributed by atoms with Crippen molar-refractivity contribution in [3.63, 3.8) is 0 Å². The molecule has 0 aliphatic carbocycles. The molecule has 19 heavy (non-hydrogen) atoms. The highest BCUT2D eigenvalue weighted by Crippen LogP contribution is 2.26. The van der Waals surface area contributed by atoms with Gasteiger partial charge < -0.3 is 9.64 Å². The number of ether oxygens (including phenoxy) is 1. The molecule has 4 heteroatoms. The lowest BCUT2D eigenvalue weighted by molar-refractivity contribution is 0.0752. The highest BCUT2D eigenvalue weighted by atomic mass is 16.5. The number of nitriles is 1. The van der Waals surface area contributed by atoms with E-state index in [2.05, 4.69) is 6.07 Å². The third-order valence-electron chi connectivity index (χ3n) is 3.32. The van der Waals surface area contributed by atoms with Gasteiger partial charge in [0.2, 0.25) is 0 Å². The van der Waals surface area contributed by atoms with Crippen LogP contribution in [-0.2, 0) is 6.42 Å². The Hall–Kier alpha value is -2.02. The molecule has 1 aromatic rings. The monoisotopic (exact) mass is 258 g/mol. The van der Waals surface area contributed by atoms with Crippen LogP contribution < -0.4 is 4.74 Å². The molecule has 0 fully saturated rings. The molecule has 1 heterocycles. The summed E-state index contributed by atoms with van der Waals surface area (Å²) in [7, 11) is 0. The third kappa shape index (κ3) is 2.87. The molecular weight excluding hydrogens is 240 g/mol. The Morgan fingerprint density at radius 1 is 1.58 bits per heavy atom. The fourth-order valence-electron chi connectivity index (χ4n) is 2.23. The molecule has 0 radical (unpaired) electrons. The van der Waals surface area contributed by atoms with Crippen molar-refractivity contribution in [2.45, 2.75) is 20.3 Å². The zero-order chi connectivity index (χ0) is 13.8. The Morgan fingerprint density at radius 2 is 2.37 bits per heavy atom. The molecule has 1 amide bonds. The second-order valence-electron chi connectivity index (χ2n) is 4.79. The number of hydrogen-bond acceptors (Lipinski definition) is 3. The quantitative estimate of drug-likeness (QED) is 0.832. The summed E-state index contributed by atoms with van der Waals surface area (Å²) in [6.45, 7) is 5.53. The van der Waals surface area contributed by atoms with Crippen molar-refractivity contribution in [1.82, 2.24) is 4.90 Å². The van der Waals surface area contributed by atoms with Crippen LogP contribution >= 0.6 is 0 Å². The van der Waals surface area contributed by atoms with Crippen LogP contribution in [-0.4, -0.2) is 30.5 Å². The van der Waals surface area contributed by atoms with Crippen molar-refractivity contribution >= 4 is 5.91 Å². The number of amides is 1. The van der Waals surface area contributed by atoms with E-state index in [0.29, 0.717) is 25.3 Å². The van der Waals surface area contributed by atoms with Gasteiger partial charge in [0, 0.05) is 25.1 Å². The normalized spacial score (nSPS) is 14.2. The molecule has 0 saturated heterocycles. The van der Waals surface area contributed by atoms with Gasteiger partial charge in [0.1, 0.15) is 5.75 Å². The number of benzene rings is 1. The summed E-state index contributed by atoms with van der Waals surface area (Å²) in [6, 6.07) is 7.73. The zero-order valence-electron chi connectivity index (χ0n) is 11.3. The van der Waals surface area contributed by atoms with Crippen molar-refractivity contribution in [3.8, 4) is 11.8 Å². The minimum Gasteiger partial charge on any atom is -0.493 e. The van der Waals surface area contributed by atoms with Crippen LogP contribution in [0.1, 0.15) is 29.8 Å². The molecule has 0 saturated carbocycles. The van der Waals surface area contributed by atoms with Crippen LogP contribution in [0.5, 0.6) is 5.75 Å². The predicted molar refractivity (Wildman–Crippen MR) is 72.0 cm³/mol. The largest absolute Gasteiger partial charge is 0.493 e. The second kappa shape index (κ2) is 5.75. The van der Waals surface area contributed by atoms with Crippen LogP contribution in [0.15, 0.2) is 18.2 Å². The van der Waals surface area contributed by atoms with Crippen molar-refractivity contribution < 1.29 is 9.53 Å². The average molecular weight is 258 g/mol. The van der Waals surface area contributed by atoms with E-state index in [-0.39, 0.29) is 11.8 Å². The first kappa shape index (κ1) is 13.4. The highest BCUT2D eigenvalue weighted by molar-refractivity contribution is 5.94. The molecule has 0 N–H and O–H groups in total. The minimum absolute atomic E-state index is 0.0145. The summed E-state index contributed by atoms with van der Waals surface area (Å²) < 4.78 is 5.43. The SMILES string of the molecule is CCN(CC(C)C#N)C(=O)c1ccc2c(c1)CCO2. The van der Waals surface area contributed by atoms with Gasteiger partial charge in [-0.05, 0) is 37.6 Å². The van der Waals surface area contributed by atoms with E-state index in [1.807, 2.05) is 26.0 Å². The van der Waals surface area contributed by atoms with Crippen LogP contribution in [0.25, 0.3) is 0 Å². The molecule has 1 aromatic carbocycles. The highest BCUT2D eigenvalue weighted by Gasteiger charge is 2.19. The number of carbonyl (C=O) groups excluding carboxylic acids is 1. The molecular formula is C15H18N2O2. The maximum absolute atomic E-state index is 12.4. The van der Waals surface area contributed by atoms with E-state index >= 15 is 0 Å². The molecule has 0 spiro atoms. The van der Waals surface area contributed by atoms with Crippen molar-refractivity contribution in [1.29, 1.82) is 5.26 Å². The van der Waals surface area contributed by atoms with Gasteiger partial charge in [0.05, 0.1) is 18.6 Å². The van der Waals surface area contributed by atoms with Crippen molar-refractivity contribution in [3.05, 3.63) is 29.3 Å². The molecule has 4 nitrogen and oxygen atoms in total. The summed E-state index contributed by atoms with van der Waals surface area (Å²) in [5, 5.41) is 8.85. The minimum atomic E-state index is -0.151. The first-order valence-corrected chi connectivity index (χ1v) is 6.60. The Bertz CT molecular complexity index is 519. The number of nitrogens with zero attached hydrogens (tertiary/aromatic N) is 2. The average Bonchev–Trinajstić information content (AvgIpc) is 2.90. The van der Waals surface area contributed by atoms with Crippen LogP contribution in [0, 0.1) is 17.2 Å². The Morgan fingerprint density at radius 3 is 3.05 bits per heavy atom. The Kier molecular flexibility index (Phi) is 4.06. The van der Waals surface area contributed by atoms with Gasteiger partial charge in [0.15, 0.2) is 0 Å². The maximum atomic E-state index is 12.4. The van der Waals surface area contributed by atoms with E-state index in [1.165, 1.54) is 0 Å². The predicted octanol–water partition coefficient (Wildman–Crippen LogP) is 2.24. The Labute approximate surface area is 113 Å². The third-order valence-corrected chi connectivity index (χ3v) is 3.32.